The molecule has 0 saturated heterocycles. The number of methoxy groups -OCH3 is 1. The van der Waals surface area contributed by atoms with Crippen LogP contribution in [0.5, 0.6) is 5.75 Å². The summed E-state index contributed by atoms with van der Waals surface area (Å²) in [7, 11) is 1.62. The maximum absolute atomic E-state index is 10.6. The number of rotatable bonds is 3. The maximum Gasteiger partial charge on any atom is 0.137 e. The molecule has 1 heterocycles. The molecule has 1 aliphatic rings. The number of pyridine rings is 1. The van der Waals surface area contributed by atoms with Gasteiger partial charge in [0.2, 0.25) is 0 Å². The molecule has 2 atom stereocenters. The molecule has 0 aliphatic heterocycles. The Morgan fingerprint density at radius 2 is 2.38 bits per heavy atom. The second-order valence-electron chi connectivity index (χ2n) is 4.66. The Labute approximate surface area is 96.5 Å². The van der Waals surface area contributed by atoms with Gasteiger partial charge in [0.25, 0.3) is 0 Å². The summed E-state index contributed by atoms with van der Waals surface area (Å²) in [6.45, 7) is 2.18. The minimum absolute atomic E-state index is 0.635. The Morgan fingerprint density at radius 1 is 1.56 bits per heavy atom. The molecule has 0 bridgehead atoms. The zero-order valence-corrected chi connectivity index (χ0v) is 9.94. The van der Waals surface area contributed by atoms with Gasteiger partial charge in [0.05, 0.1) is 18.9 Å². The largest absolute Gasteiger partial charge is 0.495 e. The van der Waals surface area contributed by atoms with Crippen LogP contribution in [0.25, 0.3) is 0 Å². The fourth-order valence-electron chi connectivity index (χ4n) is 2.52. The lowest BCUT2D eigenvalue weighted by atomic mass is 9.92. The molecule has 0 spiro atoms. The van der Waals surface area contributed by atoms with Crippen molar-refractivity contribution in [3.63, 3.8) is 0 Å². The molecule has 3 heteroatoms. The van der Waals surface area contributed by atoms with E-state index in [-0.39, 0.29) is 0 Å². The van der Waals surface area contributed by atoms with Crippen LogP contribution in [0.3, 0.4) is 0 Å². The molecule has 88 valence electrons. The van der Waals surface area contributed by atoms with Crippen molar-refractivity contribution in [1.29, 1.82) is 0 Å². The highest BCUT2D eigenvalue weighted by Gasteiger charge is 2.38. The number of aliphatic hydroxyl groups is 1. The molecule has 1 fully saturated rings. The molecule has 1 N–H and O–H groups in total. The van der Waals surface area contributed by atoms with Crippen LogP contribution in [0, 0.1) is 5.92 Å². The van der Waals surface area contributed by atoms with E-state index in [2.05, 4.69) is 11.9 Å². The molecule has 2 rings (SSSR count). The van der Waals surface area contributed by atoms with E-state index in [0.717, 1.165) is 31.2 Å². The highest BCUT2D eigenvalue weighted by molar-refractivity contribution is 5.28. The highest BCUT2D eigenvalue weighted by atomic mass is 16.5. The van der Waals surface area contributed by atoms with Crippen molar-refractivity contribution >= 4 is 0 Å². The summed E-state index contributed by atoms with van der Waals surface area (Å²) in [5, 5.41) is 10.6. The van der Waals surface area contributed by atoms with Crippen LogP contribution in [-0.2, 0) is 5.60 Å². The van der Waals surface area contributed by atoms with Crippen LogP contribution in [0.2, 0.25) is 0 Å². The van der Waals surface area contributed by atoms with Gasteiger partial charge in [-0.25, -0.2) is 0 Å². The van der Waals surface area contributed by atoms with E-state index in [0.29, 0.717) is 11.7 Å². The normalized spacial score (nSPS) is 29.3. The maximum atomic E-state index is 10.6. The van der Waals surface area contributed by atoms with Crippen LogP contribution in [-0.4, -0.2) is 17.2 Å². The first-order valence-electron chi connectivity index (χ1n) is 5.90. The van der Waals surface area contributed by atoms with Gasteiger partial charge in [-0.15, -0.1) is 0 Å². The fourth-order valence-corrected chi connectivity index (χ4v) is 2.52. The minimum atomic E-state index is -0.692. The van der Waals surface area contributed by atoms with E-state index >= 15 is 0 Å². The Hall–Kier alpha value is -1.09. The van der Waals surface area contributed by atoms with Crippen LogP contribution >= 0.6 is 0 Å². The number of ether oxygens (including phenoxy) is 1. The lowest BCUT2D eigenvalue weighted by Crippen LogP contribution is -2.22. The van der Waals surface area contributed by atoms with Gasteiger partial charge < -0.3 is 9.84 Å². The van der Waals surface area contributed by atoms with Crippen LogP contribution in [0.1, 0.15) is 38.2 Å². The van der Waals surface area contributed by atoms with E-state index in [9.17, 15) is 5.11 Å². The van der Waals surface area contributed by atoms with Crippen molar-refractivity contribution in [3.8, 4) is 5.75 Å². The summed E-state index contributed by atoms with van der Waals surface area (Å²) in [6, 6.07) is 1.89. The Morgan fingerprint density at radius 3 is 3.00 bits per heavy atom. The molecule has 0 aromatic carbocycles. The van der Waals surface area contributed by atoms with Crippen LogP contribution < -0.4 is 4.74 Å². The van der Waals surface area contributed by atoms with E-state index in [1.807, 2.05) is 6.07 Å². The van der Waals surface area contributed by atoms with E-state index in [1.54, 1.807) is 19.5 Å². The first-order chi connectivity index (χ1) is 7.68. The molecular weight excluding hydrogens is 202 g/mol. The van der Waals surface area contributed by atoms with Crippen molar-refractivity contribution < 1.29 is 9.84 Å². The first kappa shape index (κ1) is 11.4. The molecule has 1 saturated carbocycles. The Balaban J connectivity index is 2.22. The van der Waals surface area contributed by atoms with Gasteiger partial charge in [-0.1, -0.05) is 13.3 Å². The number of hydrogen-bond donors (Lipinski definition) is 1. The Kier molecular flexibility index (Phi) is 3.15. The quantitative estimate of drug-likeness (QED) is 0.852. The summed E-state index contributed by atoms with van der Waals surface area (Å²) < 4.78 is 5.14. The average molecular weight is 221 g/mol. The third kappa shape index (κ3) is 2.05. The van der Waals surface area contributed by atoms with Crippen LogP contribution in [0.4, 0.5) is 0 Å². The third-order valence-electron chi connectivity index (χ3n) is 3.66. The molecule has 1 aromatic heterocycles. The number of hydrogen-bond acceptors (Lipinski definition) is 3. The first-order valence-corrected chi connectivity index (χ1v) is 5.90. The summed E-state index contributed by atoms with van der Waals surface area (Å²) in [4.78, 5) is 4.11. The third-order valence-corrected chi connectivity index (χ3v) is 3.66. The smallest absolute Gasteiger partial charge is 0.137 e. The molecular formula is C13H19NO2. The standard InChI is InChI=1S/C13H19NO2/c1-3-10-4-5-13(15,7-10)11-6-12(16-2)9-14-8-11/h6,8-10,15H,3-5,7H2,1-2H3. The van der Waals surface area contributed by atoms with Gasteiger partial charge in [0.15, 0.2) is 0 Å². The molecule has 1 aliphatic carbocycles. The number of aromatic nitrogens is 1. The van der Waals surface area contributed by atoms with Crippen molar-refractivity contribution in [2.75, 3.05) is 7.11 Å². The van der Waals surface area contributed by atoms with Gasteiger partial charge in [-0.2, -0.15) is 0 Å². The summed E-state index contributed by atoms with van der Waals surface area (Å²) in [6.07, 6.45) is 7.34. The highest BCUT2D eigenvalue weighted by Crippen LogP contribution is 2.43. The molecule has 3 nitrogen and oxygen atoms in total. The molecule has 1 aromatic rings. The SMILES string of the molecule is CCC1CCC(O)(c2cncc(OC)c2)C1. The monoisotopic (exact) mass is 221 g/mol. The lowest BCUT2D eigenvalue weighted by Gasteiger charge is -2.23. The lowest BCUT2D eigenvalue weighted by molar-refractivity contribution is 0.0392. The van der Waals surface area contributed by atoms with Gasteiger partial charge in [-0.3, -0.25) is 4.98 Å². The topological polar surface area (TPSA) is 42.4 Å². The van der Waals surface area contributed by atoms with E-state index in [4.69, 9.17) is 4.74 Å². The summed E-state index contributed by atoms with van der Waals surface area (Å²) in [5.74, 6) is 1.35. The van der Waals surface area contributed by atoms with Crippen molar-refractivity contribution in [1.82, 2.24) is 4.98 Å². The second-order valence-corrected chi connectivity index (χ2v) is 4.66. The van der Waals surface area contributed by atoms with E-state index in [1.165, 1.54) is 0 Å². The Bertz CT molecular complexity index is 367. The second kappa shape index (κ2) is 4.42. The van der Waals surface area contributed by atoms with E-state index < -0.39 is 5.60 Å². The predicted octanol–water partition coefficient (Wildman–Crippen LogP) is 2.49. The zero-order chi connectivity index (χ0) is 11.6. The molecule has 0 amide bonds. The summed E-state index contributed by atoms with van der Waals surface area (Å²) >= 11 is 0. The van der Waals surface area contributed by atoms with Crippen molar-refractivity contribution in [2.45, 2.75) is 38.2 Å². The minimum Gasteiger partial charge on any atom is -0.495 e. The van der Waals surface area contributed by atoms with Gasteiger partial charge >= 0.3 is 0 Å². The fraction of sp³-hybridized carbons (Fsp3) is 0.615. The van der Waals surface area contributed by atoms with Crippen molar-refractivity contribution in [2.24, 2.45) is 5.92 Å². The average Bonchev–Trinajstić information content (AvgIpc) is 2.73. The summed E-state index contributed by atoms with van der Waals surface area (Å²) in [5.41, 5.74) is 0.199. The van der Waals surface area contributed by atoms with Crippen LogP contribution in [0.15, 0.2) is 18.5 Å². The van der Waals surface area contributed by atoms with Gasteiger partial charge in [-0.05, 0) is 31.2 Å². The zero-order valence-electron chi connectivity index (χ0n) is 9.94. The molecule has 0 radical (unpaired) electrons. The van der Waals surface area contributed by atoms with Gasteiger partial charge in [0.1, 0.15) is 5.75 Å². The molecule has 2 unspecified atom stereocenters. The molecule has 16 heavy (non-hydrogen) atoms. The predicted molar refractivity (Wildman–Crippen MR) is 62.3 cm³/mol. The van der Waals surface area contributed by atoms with Gasteiger partial charge in [0, 0.05) is 11.8 Å². The van der Waals surface area contributed by atoms with Crippen molar-refractivity contribution in [3.05, 3.63) is 24.0 Å². The number of nitrogens with zero attached hydrogens (tertiary/aromatic N) is 1.